The van der Waals surface area contributed by atoms with E-state index in [1.165, 1.54) is 12.8 Å². The highest BCUT2D eigenvalue weighted by molar-refractivity contribution is 5.78. The summed E-state index contributed by atoms with van der Waals surface area (Å²) in [6.07, 6.45) is 2.34. The minimum atomic E-state index is 0.313. The second kappa shape index (κ2) is 7.22. The van der Waals surface area contributed by atoms with Crippen molar-refractivity contribution in [3.8, 4) is 0 Å². The zero-order valence-electron chi connectivity index (χ0n) is 12.4. The van der Waals surface area contributed by atoms with Crippen molar-refractivity contribution < 1.29 is 4.79 Å². The number of piperidine rings is 1. The summed E-state index contributed by atoms with van der Waals surface area (Å²) in [6, 6.07) is 0.586. The summed E-state index contributed by atoms with van der Waals surface area (Å²) in [4.78, 5) is 19.0. The summed E-state index contributed by atoms with van der Waals surface area (Å²) in [5.74, 6) is 0.313. The standard InChI is InChI=1S/C14H28N4O/c1-3-17(13-4-6-15-7-5-13)12-14(19)18-10-8-16(2)9-11-18/h13,15H,3-12H2,1-2H3. The maximum absolute atomic E-state index is 12.4. The van der Waals surface area contributed by atoms with Crippen LogP contribution in [0.4, 0.5) is 0 Å². The smallest absolute Gasteiger partial charge is 0.236 e. The predicted octanol–water partition coefficient (Wildman–Crippen LogP) is -0.166. The normalized spacial score (nSPS) is 23.0. The van der Waals surface area contributed by atoms with Crippen LogP contribution in [-0.2, 0) is 4.79 Å². The van der Waals surface area contributed by atoms with Crippen LogP contribution in [-0.4, -0.2) is 86.1 Å². The van der Waals surface area contributed by atoms with Gasteiger partial charge in [0.25, 0.3) is 0 Å². The van der Waals surface area contributed by atoms with E-state index >= 15 is 0 Å². The Balaban J connectivity index is 1.81. The van der Waals surface area contributed by atoms with Crippen molar-refractivity contribution in [2.75, 3.05) is 59.4 Å². The number of carbonyl (C=O) groups excluding carboxylic acids is 1. The minimum absolute atomic E-state index is 0.313. The summed E-state index contributed by atoms with van der Waals surface area (Å²) in [5.41, 5.74) is 0. The van der Waals surface area contributed by atoms with Crippen LogP contribution in [0, 0.1) is 0 Å². The molecule has 0 spiro atoms. The lowest BCUT2D eigenvalue weighted by atomic mass is 10.0. The number of nitrogens with zero attached hydrogens (tertiary/aromatic N) is 3. The predicted molar refractivity (Wildman–Crippen MR) is 77.2 cm³/mol. The maximum atomic E-state index is 12.4. The molecule has 1 N–H and O–H groups in total. The minimum Gasteiger partial charge on any atom is -0.339 e. The molecule has 1 amide bonds. The molecule has 2 saturated heterocycles. The third-order valence-electron chi connectivity index (χ3n) is 4.43. The van der Waals surface area contributed by atoms with E-state index in [9.17, 15) is 4.79 Å². The number of nitrogens with one attached hydrogen (secondary N) is 1. The first kappa shape index (κ1) is 14.8. The van der Waals surface area contributed by atoms with Crippen LogP contribution in [0.1, 0.15) is 19.8 Å². The van der Waals surface area contributed by atoms with Gasteiger partial charge in [0.05, 0.1) is 6.54 Å². The Morgan fingerprint density at radius 3 is 2.42 bits per heavy atom. The molecule has 0 aromatic carbocycles. The molecule has 0 bridgehead atoms. The van der Waals surface area contributed by atoms with Crippen LogP contribution in [0.25, 0.3) is 0 Å². The monoisotopic (exact) mass is 268 g/mol. The molecule has 5 nitrogen and oxygen atoms in total. The molecule has 2 heterocycles. The molecule has 0 aliphatic carbocycles. The van der Waals surface area contributed by atoms with Crippen LogP contribution in [0.5, 0.6) is 0 Å². The Morgan fingerprint density at radius 1 is 1.21 bits per heavy atom. The molecule has 2 rings (SSSR count). The summed E-state index contributed by atoms with van der Waals surface area (Å²) in [7, 11) is 2.12. The van der Waals surface area contributed by atoms with Crippen molar-refractivity contribution in [3.63, 3.8) is 0 Å². The fourth-order valence-electron chi connectivity index (χ4n) is 3.00. The molecule has 2 aliphatic rings. The second-order valence-electron chi connectivity index (χ2n) is 5.73. The van der Waals surface area contributed by atoms with Gasteiger partial charge in [-0.3, -0.25) is 9.69 Å². The molecule has 19 heavy (non-hydrogen) atoms. The van der Waals surface area contributed by atoms with Crippen molar-refractivity contribution >= 4 is 5.91 Å². The molecular formula is C14H28N4O. The Hall–Kier alpha value is -0.650. The van der Waals surface area contributed by atoms with Gasteiger partial charge in [0.2, 0.25) is 5.91 Å². The molecular weight excluding hydrogens is 240 g/mol. The lowest BCUT2D eigenvalue weighted by molar-refractivity contribution is -0.134. The van der Waals surface area contributed by atoms with Crippen LogP contribution in [0.15, 0.2) is 0 Å². The van der Waals surface area contributed by atoms with E-state index < -0.39 is 0 Å². The van der Waals surface area contributed by atoms with Crippen LogP contribution in [0.2, 0.25) is 0 Å². The zero-order valence-corrected chi connectivity index (χ0v) is 12.4. The van der Waals surface area contributed by atoms with Gasteiger partial charge in [0.15, 0.2) is 0 Å². The quantitative estimate of drug-likeness (QED) is 0.769. The fraction of sp³-hybridized carbons (Fsp3) is 0.929. The van der Waals surface area contributed by atoms with Gasteiger partial charge in [0, 0.05) is 32.2 Å². The van der Waals surface area contributed by atoms with Gasteiger partial charge < -0.3 is 15.1 Å². The molecule has 110 valence electrons. The van der Waals surface area contributed by atoms with E-state index in [1.54, 1.807) is 0 Å². The fourth-order valence-corrected chi connectivity index (χ4v) is 3.00. The molecule has 0 radical (unpaired) electrons. The largest absolute Gasteiger partial charge is 0.339 e. The topological polar surface area (TPSA) is 38.8 Å². The van der Waals surface area contributed by atoms with E-state index in [4.69, 9.17) is 0 Å². The van der Waals surface area contributed by atoms with Gasteiger partial charge in [-0.15, -0.1) is 0 Å². The SMILES string of the molecule is CCN(CC(=O)N1CCN(C)CC1)C1CCNCC1. The molecule has 0 saturated carbocycles. The van der Waals surface area contributed by atoms with Gasteiger partial charge >= 0.3 is 0 Å². The van der Waals surface area contributed by atoms with Gasteiger partial charge in [-0.1, -0.05) is 6.92 Å². The molecule has 0 aromatic rings. The van der Waals surface area contributed by atoms with Crippen molar-refractivity contribution in [2.24, 2.45) is 0 Å². The maximum Gasteiger partial charge on any atom is 0.236 e. The van der Waals surface area contributed by atoms with Crippen molar-refractivity contribution in [3.05, 3.63) is 0 Å². The highest BCUT2D eigenvalue weighted by Crippen LogP contribution is 2.12. The molecule has 0 atom stereocenters. The number of amides is 1. The number of piperazine rings is 1. The van der Waals surface area contributed by atoms with Crippen molar-refractivity contribution in [2.45, 2.75) is 25.8 Å². The number of hydrogen-bond acceptors (Lipinski definition) is 4. The second-order valence-corrected chi connectivity index (χ2v) is 5.73. The number of rotatable bonds is 4. The van der Waals surface area contributed by atoms with Crippen molar-refractivity contribution in [1.82, 2.24) is 20.0 Å². The molecule has 2 aliphatic heterocycles. The Labute approximate surface area is 116 Å². The zero-order chi connectivity index (χ0) is 13.7. The van der Waals surface area contributed by atoms with E-state index in [-0.39, 0.29) is 0 Å². The number of hydrogen-bond donors (Lipinski definition) is 1. The lowest BCUT2D eigenvalue weighted by Gasteiger charge is -2.37. The Kier molecular flexibility index (Phi) is 5.60. The summed E-state index contributed by atoms with van der Waals surface area (Å²) in [5, 5.41) is 3.39. The Bertz CT molecular complexity index is 283. The molecule has 5 heteroatoms. The van der Waals surface area contributed by atoms with Crippen LogP contribution < -0.4 is 5.32 Å². The summed E-state index contributed by atoms with van der Waals surface area (Å²) >= 11 is 0. The van der Waals surface area contributed by atoms with Crippen LogP contribution in [0.3, 0.4) is 0 Å². The molecule has 2 fully saturated rings. The highest BCUT2D eigenvalue weighted by atomic mass is 16.2. The number of carbonyl (C=O) groups is 1. The van der Waals surface area contributed by atoms with E-state index in [2.05, 4.69) is 29.1 Å². The average molecular weight is 268 g/mol. The highest BCUT2D eigenvalue weighted by Gasteiger charge is 2.25. The number of likely N-dealkylation sites (N-methyl/N-ethyl adjacent to an activating group) is 2. The van der Waals surface area contributed by atoms with Crippen LogP contribution >= 0.6 is 0 Å². The summed E-state index contributed by atoms with van der Waals surface area (Å²) in [6.45, 7) is 9.71. The first-order valence-corrected chi connectivity index (χ1v) is 7.61. The molecule has 0 aromatic heterocycles. The van der Waals surface area contributed by atoms with Gasteiger partial charge in [-0.25, -0.2) is 0 Å². The average Bonchev–Trinajstić information content (AvgIpc) is 2.46. The van der Waals surface area contributed by atoms with E-state index in [0.717, 1.165) is 45.8 Å². The first-order chi connectivity index (χ1) is 9.20. The third-order valence-corrected chi connectivity index (χ3v) is 4.43. The van der Waals surface area contributed by atoms with Gasteiger partial charge in [0.1, 0.15) is 0 Å². The van der Waals surface area contributed by atoms with Crippen molar-refractivity contribution in [1.29, 1.82) is 0 Å². The molecule has 0 unspecified atom stereocenters. The summed E-state index contributed by atoms with van der Waals surface area (Å²) < 4.78 is 0. The van der Waals surface area contributed by atoms with E-state index in [1.807, 2.05) is 4.90 Å². The third kappa shape index (κ3) is 4.16. The lowest BCUT2D eigenvalue weighted by Crippen LogP contribution is -2.52. The Morgan fingerprint density at radius 2 is 1.84 bits per heavy atom. The first-order valence-electron chi connectivity index (χ1n) is 7.61. The van der Waals surface area contributed by atoms with Gasteiger partial charge in [-0.2, -0.15) is 0 Å². The van der Waals surface area contributed by atoms with Gasteiger partial charge in [-0.05, 0) is 39.5 Å². The van der Waals surface area contributed by atoms with E-state index in [0.29, 0.717) is 18.5 Å².